The highest BCUT2D eigenvalue weighted by Gasteiger charge is 2.36. The van der Waals surface area contributed by atoms with E-state index in [0.29, 0.717) is 12.3 Å². The summed E-state index contributed by atoms with van der Waals surface area (Å²) in [4.78, 5) is 15.4. The lowest BCUT2D eigenvalue weighted by molar-refractivity contribution is -0.143. The monoisotopic (exact) mass is 556 g/mol. The molecule has 0 bridgehead atoms. The van der Waals surface area contributed by atoms with Crippen LogP contribution in [0.25, 0.3) is 0 Å². The molecule has 1 aliphatic heterocycles. The molecule has 0 saturated carbocycles. The van der Waals surface area contributed by atoms with Crippen molar-refractivity contribution in [2.24, 2.45) is 5.84 Å². The van der Waals surface area contributed by atoms with E-state index in [1.165, 1.54) is 27.3 Å². The van der Waals surface area contributed by atoms with Gasteiger partial charge in [-0.3, -0.25) is 9.69 Å². The Kier molecular flexibility index (Phi) is 8.04. The molecule has 4 N–H and O–H groups in total. The van der Waals surface area contributed by atoms with Crippen molar-refractivity contribution in [2.75, 3.05) is 30.9 Å². The van der Waals surface area contributed by atoms with E-state index in [-0.39, 0.29) is 30.0 Å². The number of benzene rings is 3. The van der Waals surface area contributed by atoms with Crippen molar-refractivity contribution in [1.82, 2.24) is 4.90 Å². The highest BCUT2D eigenvalue weighted by molar-refractivity contribution is 5.75. The van der Waals surface area contributed by atoms with Crippen molar-refractivity contribution in [3.05, 3.63) is 87.5 Å². The number of carbonyl (C=O) groups excluding carboxylic acids is 1. The number of hydrazine groups is 1. The fraction of sp³-hybridized carbons (Fsp3) is 0.441. The number of esters is 1. The first-order valence-corrected chi connectivity index (χ1v) is 14.7. The largest absolute Gasteiger partial charge is 0.486 e. The molecule has 0 fully saturated rings. The maximum Gasteiger partial charge on any atom is 0.306 e. The summed E-state index contributed by atoms with van der Waals surface area (Å²) in [5, 5.41) is 1.53. The maximum atomic E-state index is 12.9. The standard InChI is InChI=1S/C34H44N4O3/c1-7-40-32(39)18-27(26-13-15-30(37(6)36)33(35)22(26)3)24-11-10-23-12-14-29(28(23)17-24)38-19-25-9-8-21(2)16-31(25)41-34(4,5)20-38/h8-11,13,15-17,27,29H,7,12,14,18-20,35-36H2,1-6H3. The van der Waals surface area contributed by atoms with Crippen molar-refractivity contribution < 1.29 is 14.3 Å². The minimum absolute atomic E-state index is 0.187. The van der Waals surface area contributed by atoms with E-state index in [1.807, 2.05) is 26.0 Å². The van der Waals surface area contributed by atoms with E-state index in [4.69, 9.17) is 21.1 Å². The summed E-state index contributed by atoms with van der Waals surface area (Å²) in [5.41, 5.74) is 15.8. The Morgan fingerprint density at radius 3 is 2.63 bits per heavy atom. The van der Waals surface area contributed by atoms with Gasteiger partial charge < -0.3 is 20.2 Å². The molecular weight excluding hydrogens is 512 g/mol. The summed E-state index contributed by atoms with van der Waals surface area (Å²) in [7, 11) is 1.77. The fourth-order valence-electron chi connectivity index (χ4n) is 6.61. The quantitative estimate of drug-likeness (QED) is 0.161. The molecule has 0 spiro atoms. The molecule has 7 heteroatoms. The van der Waals surface area contributed by atoms with Crippen molar-refractivity contribution in [2.45, 2.75) is 78.0 Å². The molecule has 3 aromatic rings. The van der Waals surface area contributed by atoms with Crippen molar-refractivity contribution in [1.29, 1.82) is 0 Å². The molecule has 0 saturated heterocycles. The molecule has 41 heavy (non-hydrogen) atoms. The van der Waals surface area contributed by atoms with Gasteiger partial charge in [0.1, 0.15) is 11.4 Å². The first-order chi connectivity index (χ1) is 19.5. The molecule has 0 aromatic heterocycles. The van der Waals surface area contributed by atoms with Crippen LogP contribution in [-0.2, 0) is 22.5 Å². The van der Waals surface area contributed by atoms with E-state index in [1.54, 1.807) is 7.05 Å². The van der Waals surface area contributed by atoms with Gasteiger partial charge >= 0.3 is 5.97 Å². The second-order valence-corrected chi connectivity index (χ2v) is 12.3. The van der Waals surface area contributed by atoms with Gasteiger partial charge in [-0.15, -0.1) is 0 Å². The third kappa shape index (κ3) is 5.92. The van der Waals surface area contributed by atoms with Crippen LogP contribution in [0.3, 0.4) is 0 Å². The summed E-state index contributed by atoms with van der Waals surface area (Å²) in [6, 6.07) is 17.5. The number of carbonyl (C=O) groups is 1. The molecule has 5 rings (SSSR count). The topological polar surface area (TPSA) is 94.0 Å². The Balaban J connectivity index is 1.54. The van der Waals surface area contributed by atoms with Crippen LogP contribution in [0.1, 0.15) is 84.5 Å². The number of nitrogens with two attached hydrogens (primary N) is 2. The number of fused-ring (bicyclic) bond motifs is 2. The number of hydrogen-bond acceptors (Lipinski definition) is 7. The summed E-state index contributed by atoms with van der Waals surface area (Å²) in [6.45, 7) is 12.3. The molecule has 1 aliphatic carbocycles. The lowest BCUT2D eigenvalue weighted by atomic mass is 9.84. The average Bonchev–Trinajstić information content (AvgIpc) is 3.27. The van der Waals surface area contributed by atoms with Crippen LogP contribution >= 0.6 is 0 Å². The second kappa shape index (κ2) is 11.4. The number of ether oxygens (including phenoxy) is 2. The molecule has 0 amide bonds. The van der Waals surface area contributed by atoms with Gasteiger partial charge in [0, 0.05) is 37.7 Å². The van der Waals surface area contributed by atoms with E-state index >= 15 is 0 Å². The lowest BCUT2D eigenvalue weighted by Gasteiger charge is -2.34. The van der Waals surface area contributed by atoms with Crippen LogP contribution in [0.2, 0.25) is 0 Å². The van der Waals surface area contributed by atoms with Crippen molar-refractivity contribution >= 4 is 17.3 Å². The molecular formula is C34H44N4O3. The van der Waals surface area contributed by atoms with E-state index in [0.717, 1.165) is 54.1 Å². The highest BCUT2D eigenvalue weighted by atomic mass is 16.5. The minimum atomic E-state index is -0.321. The van der Waals surface area contributed by atoms with Crippen LogP contribution in [0, 0.1) is 13.8 Å². The zero-order chi connectivity index (χ0) is 29.5. The van der Waals surface area contributed by atoms with Gasteiger partial charge in [-0.1, -0.05) is 36.4 Å². The molecule has 1 heterocycles. The number of hydrogen-bond donors (Lipinski definition) is 2. The third-order valence-electron chi connectivity index (χ3n) is 8.59. The van der Waals surface area contributed by atoms with E-state index in [2.05, 4.69) is 62.1 Å². The number of nitrogen functional groups attached to an aromatic ring is 1. The molecule has 7 nitrogen and oxygen atoms in total. The highest BCUT2D eigenvalue weighted by Crippen LogP contribution is 2.43. The fourth-order valence-corrected chi connectivity index (χ4v) is 6.61. The summed E-state index contributed by atoms with van der Waals surface area (Å²) in [6.07, 6.45) is 2.33. The van der Waals surface area contributed by atoms with Gasteiger partial charge in [0.15, 0.2) is 0 Å². The number of anilines is 2. The van der Waals surface area contributed by atoms with Crippen molar-refractivity contribution in [3.8, 4) is 5.75 Å². The molecule has 2 atom stereocenters. The van der Waals surface area contributed by atoms with E-state index in [9.17, 15) is 4.79 Å². The maximum absolute atomic E-state index is 12.9. The normalized spacial score (nSPS) is 18.6. The lowest BCUT2D eigenvalue weighted by Crippen LogP contribution is -2.41. The van der Waals surface area contributed by atoms with Gasteiger partial charge in [0.2, 0.25) is 0 Å². The molecule has 2 unspecified atom stereocenters. The van der Waals surface area contributed by atoms with Crippen LogP contribution in [0.4, 0.5) is 11.4 Å². The van der Waals surface area contributed by atoms with Crippen LogP contribution in [0.15, 0.2) is 48.5 Å². The smallest absolute Gasteiger partial charge is 0.306 e. The first-order valence-electron chi connectivity index (χ1n) is 14.7. The SMILES string of the molecule is CCOC(=O)CC(c1ccc2c(c1)C(N1Cc3ccc(C)cc3OC(C)(C)C1)CC2)c1ccc(N(C)N)c(N)c1C. The second-order valence-electron chi connectivity index (χ2n) is 12.3. The van der Waals surface area contributed by atoms with Crippen LogP contribution in [0.5, 0.6) is 5.75 Å². The van der Waals surface area contributed by atoms with E-state index < -0.39 is 0 Å². The number of nitrogens with zero attached hydrogens (tertiary/aromatic N) is 2. The van der Waals surface area contributed by atoms with Crippen molar-refractivity contribution in [3.63, 3.8) is 0 Å². The summed E-state index contributed by atoms with van der Waals surface area (Å²) >= 11 is 0. The Labute approximate surface area is 244 Å². The zero-order valence-corrected chi connectivity index (χ0v) is 25.3. The number of aryl methyl sites for hydroxylation is 2. The van der Waals surface area contributed by atoms with Crippen LogP contribution < -0.4 is 21.3 Å². The van der Waals surface area contributed by atoms with Crippen LogP contribution in [-0.4, -0.2) is 36.7 Å². The zero-order valence-electron chi connectivity index (χ0n) is 25.3. The Morgan fingerprint density at radius 1 is 1.15 bits per heavy atom. The third-order valence-corrected chi connectivity index (χ3v) is 8.59. The van der Waals surface area contributed by atoms with Gasteiger partial charge in [0.25, 0.3) is 0 Å². The predicted molar refractivity (Wildman–Crippen MR) is 165 cm³/mol. The first kappa shape index (κ1) is 29.0. The Morgan fingerprint density at radius 2 is 1.90 bits per heavy atom. The Bertz CT molecular complexity index is 1450. The van der Waals surface area contributed by atoms with Gasteiger partial charge in [0.05, 0.1) is 24.4 Å². The Hall–Kier alpha value is -3.55. The molecule has 3 aromatic carbocycles. The molecule has 2 aliphatic rings. The van der Waals surface area contributed by atoms with Gasteiger partial charge in [-0.2, -0.15) is 0 Å². The molecule has 218 valence electrons. The van der Waals surface area contributed by atoms with Gasteiger partial charge in [-0.25, -0.2) is 5.84 Å². The van der Waals surface area contributed by atoms with Gasteiger partial charge in [-0.05, 0) is 93.0 Å². The number of rotatable bonds is 7. The summed E-state index contributed by atoms with van der Waals surface area (Å²) < 4.78 is 11.9. The summed E-state index contributed by atoms with van der Waals surface area (Å²) in [5.74, 6) is 6.60. The molecule has 0 radical (unpaired) electrons. The minimum Gasteiger partial charge on any atom is -0.486 e. The predicted octanol–water partition coefficient (Wildman–Crippen LogP) is 5.94. The average molecular weight is 557 g/mol.